The molecule has 0 aliphatic rings. The summed E-state index contributed by atoms with van der Waals surface area (Å²) < 4.78 is 12.9. The molecule has 0 saturated carbocycles. The second kappa shape index (κ2) is 5.74. The molecule has 0 heterocycles. The molecule has 0 bridgehead atoms. The van der Waals surface area contributed by atoms with Crippen molar-refractivity contribution in [2.45, 2.75) is 19.9 Å². The van der Waals surface area contributed by atoms with Crippen molar-refractivity contribution >= 4 is 11.6 Å². The highest BCUT2D eigenvalue weighted by Crippen LogP contribution is 2.16. The molecule has 0 saturated heterocycles. The summed E-state index contributed by atoms with van der Waals surface area (Å²) in [5, 5.41) is 2.86. The number of anilines is 1. The van der Waals surface area contributed by atoms with E-state index in [1.165, 1.54) is 12.1 Å². The largest absolute Gasteiger partial charge is 0.398 e. The van der Waals surface area contributed by atoms with E-state index in [0.29, 0.717) is 11.3 Å². The number of carbonyl (C=O) groups is 1. The summed E-state index contributed by atoms with van der Waals surface area (Å²) in [5.74, 6) is -0.493. The highest BCUT2D eigenvalue weighted by Gasteiger charge is 2.12. The Balaban J connectivity index is 2.10. The smallest absolute Gasteiger partial charge is 0.251 e. The molecule has 0 aromatic heterocycles. The maximum atomic E-state index is 12.9. The number of nitrogens with two attached hydrogens (primary N) is 1. The van der Waals surface area contributed by atoms with E-state index in [9.17, 15) is 9.18 Å². The molecule has 104 valence electrons. The molecule has 2 aromatic rings. The molecular weight excluding hydrogens is 255 g/mol. The van der Waals surface area contributed by atoms with Gasteiger partial charge in [-0.1, -0.05) is 18.2 Å². The van der Waals surface area contributed by atoms with E-state index in [2.05, 4.69) is 5.32 Å². The molecule has 3 N–H and O–H groups in total. The predicted molar refractivity (Wildman–Crippen MR) is 77.9 cm³/mol. The Kier molecular flexibility index (Phi) is 4.03. The van der Waals surface area contributed by atoms with Crippen LogP contribution in [0.5, 0.6) is 0 Å². The molecule has 0 unspecified atom stereocenters. The molecule has 3 nitrogen and oxygen atoms in total. The number of hydrogen-bond acceptors (Lipinski definition) is 2. The van der Waals surface area contributed by atoms with Gasteiger partial charge in [0.1, 0.15) is 5.82 Å². The average molecular weight is 272 g/mol. The van der Waals surface area contributed by atoms with Crippen LogP contribution in [0.1, 0.15) is 34.5 Å². The molecule has 0 aliphatic heterocycles. The lowest BCUT2D eigenvalue weighted by atomic mass is 10.1. The number of nitrogen functional groups attached to an aromatic ring is 1. The molecule has 0 fully saturated rings. The molecule has 0 radical (unpaired) electrons. The maximum Gasteiger partial charge on any atom is 0.251 e. The van der Waals surface area contributed by atoms with Crippen LogP contribution in [0.3, 0.4) is 0 Å². The third-order valence-corrected chi connectivity index (χ3v) is 3.26. The van der Waals surface area contributed by atoms with E-state index >= 15 is 0 Å². The van der Waals surface area contributed by atoms with Gasteiger partial charge in [-0.2, -0.15) is 0 Å². The zero-order valence-electron chi connectivity index (χ0n) is 11.5. The van der Waals surface area contributed by atoms with Gasteiger partial charge in [-0.05, 0) is 49.2 Å². The highest BCUT2D eigenvalue weighted by molar-refractivity contribution is 5.95. The number of aryl methyl sites for hydroxylation is 1. The van der Waals surface area contributed by atoms with Crippen LogP contribution in [-0.2, 0) is 0 Å². The summed E-state index contributed by atoms with van der Waals surface area (Å²) in [6, 6.07) is 11.1. The van der Waals surface area contributed by atoms with Gasteiger partial charge in [-0.15, -0.1) is 0 Å². The molecule has 2 aromatic carbocycles. The molecule has 1 amide bonds. The first-order chi connectivity index (χ1) is 9.47. The maximum absolute atomic E-state index is 12.9. The fraction of sp³-hybridized carbons (Fsp3) is 0.188. The minimum absolute atomic E-state index is 0.200. The van der Waals surface area contributed by atoms with Gasteiger partial charge < -0.3 is 11.1 Å². The first-order valence-electron chi connectivity index (χ1n) is 6.40. The molecule has 20 heavy (non-hydrogen) atoms. The van der Waals surface area contributed by atoms with Gasteiger partial charge in [-0.25, -0.2) is 4.39 Å². The van der Waals surface area contributed by atoms with Gasteiger partial charge in [0.2, 0.25) is 0 Å². The summed E-state index contributed by atoms with van der Waals surface area (Å²) in [4.78, 5) is 12.1. The van der Waals surface area contributed by atoms with Crippen LogP contribution in [-0.4, -0.2) is 5.91 Å². The topological polar surface area (TPSA) is 55.1 Å². The van der Waals surface area contributed by atoms with Crippen molar-refractivity contribution in [3.05, 3.63) is 65.0 Å². The van der Waals surface area contributed by atoms with Crippen LogP contribution < -0.4 is 11.1 Å². The molecule has 0 aliphatic carbocycles. The summed E-state index contributed by atoms with van der Waals surface area (Å²) in [5.41, 5.74) is 8.69. The normalized spacial score (nSPS) is 11.9. The molecule has 4 heteroatoms. The second-order valence-corrected chi connectivity index (χ2v) is 4.82. The van der Waals surface area contributed by atoms with Gasteiger partial charge in [0.15, 0.2) is 0 Å². The van der Waals surface area contributed by atoms with E-state index in [4.69, 9.17) is 5.73 Å². The Labute approximate surface area is 117 Å². The zero-order chi connectivity index (χ0) is 14.7. The van der Waals surface area contributed by atoms with E-state index in [-0.39, 0.29) is 17.8 Å². The minimum atomic E-state index is -0.293. The average Bonchev–Trinajstić information content (AvgIpc) is 2.42. The Hall–Kier alpha value is -2.36. The third-order valence-electron chi connectivity index (χ3n) is 3.26. The highest BCUT2D eigenvalue weighted by atomic mass is 19.1. The predicted octanol–water partition coefficient (Wildman–Crippen LogP) is 3.21. The number of amides is 1. The van der Waals surface area contributed by atoms with Crippen molar-refractivity contribution in [2.24, 2.45) is 0 Å². The number of benzene rings is 2. The SMILES string of the molecule is Cc1ccc(C(=O)N[C@H](C)c2ccc(F)cc2)cc1N. The number of rotatable bonds is 3. The summed E-state index contributed by atoms with van der Waals surface area (Å²) in [7, 11) is 0. The molecular formula is C16H17FN2O. The van der Waals surface area contributed by atoms with Crippen LogP contribution >= 0.6 is 0 Å². The molecule has 2 rings (SSSR count). The van der Waals surface area contributed by atoms with Crippen molar-refractivity contribution in [3.8, 4) is 0 Å². The lowest BCUT2D eigenvalue weighted by Gasteiger charge is -2.15. The van der Waals surface area contributed by atoms with Crippen LogP contribution in [0.4, 0.5) is 10.1 Å². The first-order valence-corrected chi connectivity index (χ1v) is 6.40. The van der Waals surface area contributed by atoms with Crippen LogP contribution in [0.25, 0.3) is 0 Å². The van der Waals surface area contributed by atoms with Gasteiger partial charge in [0.05, 0.1) is 6.04 Å². The number of nitrogens with one attached hydrogen (secondary N) is 1. The van der Waals surface area contributed by atoms with Gasteiger partial charge in [-0.3, -0.25) is 4.79 Å². The summed E-state index contributed by atoms with van der Waals surface area (Å²) >= 11 is 0. The first kappa shape index (κ1) is 14.1. The van der Waals surface area contributed by atoms with E-state index in [1.807, 2.05) is 19.9 Å². The van der Waals surface area contributed by atoms with E-state index in [1.54, 1.807) is 24.3 Å². The molecule has 0 spiro atoms. The van der Waals surface area contributed by atoms with E-state index in [0.717, 1.165) is 11.1 Å². The van der Waals surface area contributed by atoms with Crippen LogP contribution in [0.15, 0.2) is 42.5 Å². The Morgan fingerprint density at radius 1 is 1.20 bits per heavy atom. The monoisotopic (exact) mass is 272 g/mol. The summed E-state index contributed by atoms with van der Waals surface area (Å²) in [6.45, 7) is 3.74. The van der Waals surface area contributed by atoms with Crippen molar-refractivity contribution in [2.75, 3.05) is 5.73 Å². The Bertz CT molecular complexity index is 623. The molecule has 1 atom stereocenters. The van der Waals surface area contributed by atoms with Crippen LogP contribution in [0.2, 0.25) is 0 Å². The quantitative estimate of drug-likeness (QED) is 0.843. The fourth-order valence-electron chi connectivity index (χ4n) is 1.90. The number of carbonyl (C=O) groups excluding carboxylic acids is 1. The zero-order valence-corrected chi connectivity index (χ0v) is 11.5. The van der Waals surface area contributed by atoms with Crippen molar-refractivity contribution < 1.29 is 9.18 Å². The number of hydrogen-bond donors (Lipinski definition) is 2. The second-order valence-electron chi connectivity index (χ2n) is 4.82. The van der Waals surface area contributed by atoms with Crippen molar-refractivity contribution in [1.82, 2.24) is 5.32 Å². The minimum Gasteiger partial charge on any atom is -0.398 e. The fourth-order valence-corrected chi connectivity index (χ4v) is 1.90. The van der Waals surface area contributed by atoms with Crippen LogP contribution in [0, 0.1) is 12.7 Å². The number of halogens is 1. The van der Waals surface area contributed by atoms with Gasteiger partial charge in [0, 0.05) is 11.3 Å². The van der Waals surface area contributed by atoms with E-state index < -0.39 is 0 Å². The lowest BCUT2D eigenvalue weighted by Crippen LogP contribution is -2.26. The Morgan fingerprint density at radius 2 is 1.85 bits per heavy atom. The van der Waals surface area contributed by atoms with Gasteiger partial charge >= 0.3 is 0 Å². The lowest BCUT2D eigenvalue weighted by molar-refractivity contribution is 0.0940. The van der Waals surface area contributed by atoms with Crippen molar-refractivity contribution in [3.63, 3.8) is 0 Å². The van der Waals surface area contributed by atoms with Gasteiger partial charge in [0.25, 0.3) is 5.91 Å². The third kappa shape index (κ3) is 3.15. The Morgan fingerprint density at radius 3 is 2.45 bits per heavy atom. The summed E-state index contributed by atoms with van der Waals surface area (Å²) in [6.07, 6.45) is 0. The standard InChI is InChI=1S/C16H17FN2O/c1-10-3-4-13(9-15(10)18)16(20)19-11(2)12-5-7-14(17)8-6-12/h3-9,11H,18H2,1-2H3,(H,19,20)/t11-/m1/s1. The van der Waals surface area contributed by atoms with Crippen molar-refractivity contribution in [1.29, 1.82) is 0 Å².